The number of carbonyl (C=O) groups is 2. The summed E-state index contributed by atoms with van der Waals surface area (Å²) in [6.07, 6.45) is 5.84. The lowest BCUT2D eigenvalue weighted by molar-refractivity contribution is -0.137. The number of pyridine rings is 1. The third kappa shape index (κ3) is 6.56. The Hall–Kier alpha value is -3.33. The molecule has 0 spiro atoms. The molecule has 0 bridgehead atoms. The minimum Gasteiger partial charge on any atom is -0.480 e. The second-order valence-electron chi connectivity index (χ2n) is 10.1. The number of methoxy groups -OCH3 is 1. The number of ether oxygens (including phenoxy) is 1. The lowest BCUT2D eigenvalue weighted by Gasteiger charge is -2.34. The quantitative estimate of drug-likeness (QED) is 0.316. The topological polar surface area (TPSA) is 97.6 Å². The number of ketones is 1. The van der Waals surface area contributed by atoms with E-state index in [0.29, 0.717) is 55.4 Å². The average Bonchev–Trinajstić information content (AvgIpc) is 3.43. The third-order valence-corrected chi connectivity index (χ3v) is 7.30. The van der Waals surface area contributed by atoms with Crippen LogP contribution in [-0.2, 0) is 9.59 Å². The number of alkyl halides is 1. The zero-order chi connectivity index (χ0) is 27.1. The van der Waals surface area contributed by atoms with E-state index in [4.69, 9.17) is 9.15 Å². The number of halogens is 1. The molecule has 0 aliphatic carbocycles. The molecule has 204 valence electrons. The summed E-state index contributed by atoms with van der Waals surface area (Å²) in [7, 11) is 3.47. The molecule has 4 rings (SSSR count). The van der Waals surface area contributed by atoms with Gasteiger partial charge in [0.15, 0.2) is 11.4 Å². The Balaban J connectivity index is 1.54. The first-order valence-corrected chi connectivity index (χ1v) is 13.4. The van der Waals surface area contributed by atoms with E-state index in [1.54, 1.807) is 13.3 Å². The fraction of sp³-hybridized carbons (Fsp3) is 0.517. The maximum Gasteiger partial charge on any atom is 0.258 e. The van der Waals surface area contributed by atoms with Gasteiger partial charge in [-0.1, -0.05) is 38.0 Å². The molecular formula is C29H37FN4O4. The first kappa shape index (κ1) is 27.7. The second-order valence-corrected chi connectivity index (χ2v) is 10.1. The van der Waals surface area contributed by atoms with Gasteiger partial charge in [0.05, 0.1) is 24.4 Å². The number of benzene rings is 1. The van der Waals surface area contributed by atoms with Crippen LogP contribution in [0.4, 0.5) is 4.39 Å². The van der Waals surface area contributed by atoms with E-state index in [9.17, 15) is 9.59 Å². The van der Waals surface area contributed by atoms with Crippen molar-refractivity contribution in [2.75, 3.05) is 27.2 Å². The summed E-state index contributed by atoms with van der Waals surface area (Å²) >= 11 is 0. The van der Waals surface area contributed by atoms with Crippen LogP contribution in [0, 0.1) is 0 Å². The number of piperidine rings is 1. The van der Waals surface area contributed by atoms with Gasteiger partial charge in [0, 0.05) is 44.2 Å². The van der Waals surface area contributed by atoms with Gasteiger partial charge in [-0.25, -0.2) is 14.4 Å². The molecule has 3 aromatic rings. The highest BCUT2D eigenvalue weighted by Crippen LogP contribution is 2.34. The molecule has 1 atom stereocenters. The largest absolute Gasteiger partial charge is 0.480 e. The van der Waals surface area contributed by atoms with Crippen molar-refractivity contribution in [3.05, 3.63) is 42.4 Å². The highest BCUT2D eigenvalue weighted by molar-refractivity contribution is 5.86. The highest BCUT2D eigenvalue weighted by Gasteiger charge is 2.42. The summed E-state index contributed by atoms with van der Waals surface area (Å²) in [6.45, 7) is 2.92. The van der Waals surface area contributed by atoms with Crippen LogP contribution in [-0.4, -0.2) is 59.5 Å². The second kappa shape index (κ2) is 12.5. The van der Waals surface area contributed by atoms with Crippen LogP contribution in [0.1, 0.15) is 70.2 Å². The summed E-state index contributed by atoms with van der Waals surface area (Å²) < 4.78 is 27.2. The van der Waals surface area contributed by atoms with Gasteiger partial charge in [0.25, 0.3) is 5.91 Å². The predicted molar refractivity (Wildman–Crippen MR) is 144 cm³/mol. The van der Waals surface area contributed by atoms with Crippen molar-refractivity contribution in [3.63, 3.8) is 0 Å². The van der Waals surface area contributed by atoms with Crippen LogP contribution in [0.3, 0.4) is 0 Å². The predicted octanol–water partition coefficient (Wildman–Crippen LogP) is 5.42. The number of para-hydroxylation sites is 1. The standard InChI is InChI=1S/C29H37FN4O4/c1-4-21(35)11-6-5-7-13-24(33-28(36)29(30)14-16-34(2)17-15-29)27-31-19-25(38-27)22-18-20-10-8-9-12-23(20)32-26(22)37-3/h8-10,12,18-19,24H,4-7,11,13-17H2,1-3H3,(H,33,36)/t24-/m0/s1. The van der Waals surface area contributed by atoms with Crippen LogP contribution in [0.25, 0.3) is 22.2 Å². The van der Waals surface area contributed by atoms with Crippen molar-refractivity contribution in [1.29, 1.82) is 0 Å². The maximum atomic E-state index is 15.6. The first-order valence-electron chi connectivity index (χ1n) is 13.4. The monoisotopic (exact) mass is 524 g/mol. The summed E-state index contributed by atoms with van der Waals surface area (Å²) in [6, 6.07) is 9.04. The van der Waals surface area contributed by atoms with E-state index in [-0.39, 0.29) is 18.6 Å². The Morgan fingerprint density at radius 2 is 1.97 bits per heavy atom. The molecule has 1 fully saturated rings. The van der Waals surface area contributed by atoms with Crippen LogP contribution in [0.5, 0.6) is 5.88 Å². The Morgan fingerprint density at radius 1 is 1.21 bits per heavy atom. The zero-order valence-corrected chi connectivity index (χ0v) is 22.5. The van der Waals surface area contributed by atoms with Crippen molar-refractivity contribution in [1.82, 2.24) is 20.2 Å². The fourth-order valence-electron chi connectivity index (χ4n) is 4.77. The van der Waals surface area contributed by atoms with Crippen molar-refractivity contribution in [2.24, 2.45) is 0 Å². The zero-order valence-electron chi connectivity index (χ0n) is 22.5. The van der Waals surface area contributed by atoms with Crippen LogP contribution in [0.2, 0.25) is 0 Å². The number of carbonyl (C=O) groups excluding carboxylic acids is 2. The number of unbranched alkanes of at least 4 members (excludes halogenated alkanes) is 2. The maximum absolute atomic E-state index is 15.6. The molecule has 8 nitrogen and oxygen atoms in total. The SMILES string of the molecule is CCC(=O)CCCCC[C@H](NC(=O)C1(F)CCN(C)CC1)c1ncc(-c2cc3ccccc3nc2OC)o1. The number of hydrogen-bond acceptors (Lipinski definition) is 7. The van der Waals surface area contributed by atoms with Crippen molar-refractivity contribution in [2.45, 2.75) is 70.0 Å². The van der Waals surface area contributed by atoms with E-state index < -0.39 is 17.6 Å². The van der Waals surface area contributed by atoms with Gasteiger partial charge >= 0.3 is 0 Å². The minimum absolute atomic E-state index is 0.151. The van der Waals surface area contributed by atoms with Crippen molar-refractivity contribution >= 4 is 22.6 Å². The van der Waals surface area contributed by atoms with E-state index in [1.807, 2.05) is 49.2 Å². The van der Waals surface area contributed by atoms with Crippen molar-refractivity contribution in [3.8, 4) is 17.2 Å². The number of amides is 1. The number of Topliss-reactive ketones (excluding diaryl/α,β-unsaturated/α-hetero) is 1. The number of fused-ring (bicyclic) bond motifs is 1. The summed E-state index contributed by atoms with van der Waals surface area (Å²) in [4.78, 5) is 35.8. The van der Waals surface area contributed by atoms with Crippen LogP contribution >= 0.6 is 0 Å². The normalized spacial score (nSPS) is 16.3. The molecule has 38 heavy (non-hydrogen) atoms. The Morgan fingerprint density at radius 3 is 2.71 bits per heavy atom. The number of aromatic nitrogens is 2. The molecule has 1 aliphatic rings. The summed E-state index contributed by atoms with van der Waals surface area (Å²) in [5.74, 6) is 0.789. The molecule has 1 N–H and O–H groups in total. The number of hydrogen-bond donors (Lipinski definition) is 1. The summed E-state index contributed by atoms with van der Waals surface area (Å²) in [5, 5.41) is 3.82. The lowest BCUT2D eigenvalue weighted by Crippen LogP contribution is -2.51. The fourth-order valence-corrected chi connectivity index (χ4v) is 4.77. The smallest absolute Gasteiger partial charge is 0.258 e. The van der Waals surface area contributed by atoms with Gasteiger partial charge in [0.1, 0.15) is 11.8 Å². The van der Waals surface area contributed by atoms with Gasteiger partial charge in [-0.2, -0.15) is 0 Å². The molecule has 0 radical (unpaired) electrons. The molecule has 1 aliphatic heterocycles. The van der Waals surface area contributed by atoms with Gasteiger partial charge < -0.3 is 19.4 Å². The van der Waals surface area contributed by atoms with E-state index in [2.05, 4.69) is 15.3 Å². The molecule has 1 saturated heterocycles. The molecule has 0 unspecified atom stereocenters. The van der Waals surface area contributed by atoms with Crippen LogP contribution < -0.4 is 10.1 Å². The number of likely N-dealkylation sites (tertiary alicyclic amines) is 1. The Kier molecular flexibility index (Phi) is 9.09. The van der Waals surface area contributed by atoms with Gasteiger partial charge in [0.2, 0.25) is 11.8 Å². The molecular weight excluding hydrogens is 487 g/mol. The molecule has 1 amide bonds. The lowest BCUT2D eigenvalue weighted by atomic mass is 9.92. The van der Waals surface area contributed by atoms with Crippen LogP contribution in [0.15, 0.2) is 40.9 Å². The highest BCUT2D eigenvalue weighted by atomic mass is 19.1. The Labute approximate surface area is 223 Å². The van der Waals surface area contributed by atoms with E-state index in [0.717, 1.165) is 30.2 Å². The van der Waals surface area contributed by atoms with Crippen molar-refractivity contribution < 1.29 is 23.1 Å². The number of rotatable bonds is 12. The van der Waals surface area contributed by atoms with Gasteiger partial charge in [-0.3, -0.25) is 9.59 Å². The molecule has 1 aromatic carbocycles. The molecule has 0 saturated carbocycles. The van der Waals surface area contributed by atoms with Gasteiger partial charge in [-0.05, 0) is 32.0 Å². The van der Waals surface area contributed by atoms with Gasteiger partial charge in [-0.15, -0.1) is 0 Å². The van der Waals surface area contributed by atoms with E-state index in [1.165, 1.54) is 0 Å². The summed E-state index contributed by atoms with van der Waals surface area (Å²) in [5.41, 5.74) is -0.476. The number of nitrogens with one attached hydrogen (secondary N) is 1. The minimum atomic E-state index is -1.92. The number of nitrogens with zero attached hydrogens (tertiary/aromatic N) is 3. The Bertz CT molecular complexity index is 1250. The molecule has 9 heteroatoms. The molecule has 2 aromatic heterocycles. The average molecular weight is 525 g/mol. The first-order chi connectivity index (χ1) is 18.3. The third-order valence-electron chi connectivity index (χ3n) is 7.30. The molecule has 3 heterocycles. The number of oxazole rings is 1. The van der Waals surface area contributed by atoms with E-state index >= 15 is 4.39 Å².